The highest BCUT2D eigenvalue weighted by atomic mass is 35.5. The third-order valence-electron chi connectivity index (χ3n) is 4.84. The van der Waals surface area contributed by atoms with Crippen LogP contribution in [0.1, 0.15) is 116 Å². The summed E-state index contributed by atoms with van der Waals surface area (Å²) in [6, 6.07) is 0. The van der Waals surface area contributed by atoms with E-state index in [0.717, 1.165) is 44.4 Å². The highest BCUT2D eigenvalue weighted by molar-refractivity contribution is 6.17. The summed E-state index contributed by atoms with van der Waals surface area (Å²) in [5.41, 5.74) is 0. The van der Waals surface area contributed by atoms with Crippen LogP contribution < -0.4 is 0 Å². The fraction of sp³-hybridized carbons (Fsp3) is 0.913. The van der Waals surface area contributed by atoms with Crippen LogP contribution in [0.4, 0.5) is 0 Å². The van der Waals surface area contributed by atoms with Crippen molar-refractivity contribution in [3.8, 4) is 0 Å². The average Bonchev–Trinajstić information content (AvgIpc) is 2.69. The molecule has 0 aliphatic rings. The SMILES string of the molecule is CCCCCCCCCCCOC(=O)CCC(=O)OCCCCCCCCCl. The Morgan fingerprint density at radius 2 is 0.929 bits per heavy atom. The largest absolute Gasteiger partial charge is 0.466 e. The molecule has 4 nitrogen and oxygen atoms in total. The monoisotopic (exact) mass is 418 g/mol. The second-order valence-electron chi connectivity index (χ2n) is 7.58. The molecule has 0 spiro atoms. The Balaban J connectivity index is 3.31. The summed E-state index contributed by atoms with van der Waals surface area (Å²) in [5, 5.41) is 0. The van der Waals surface area contributed by atoms with Crippen molar-refractivity contribution < 1.29 is 19.1 Å². The van der Waals surface area contributed by atoms with Gasteiger partial charge >= 0.3 is 11.9 Å². The first-order chi connectivity index (χ1) is 13.7. The maximum absolute atomic E-state index is 11.6. The molecule has 0 amide bonds. The van der Waals surface area contributed by atoms with Crippen LogP contribution in [0, 0.1) is 0 Å². The molecule has 0 aliphatic carbocycles. The van der Waals surface area contributed by atoms with Gasteiger partial charge in [0.25, 0.3) is 0 Å². The van der Waals surface area contributed by atoms with Gasteiger partial charge in [0.05, 0.1) is 26.1 Å². The predicted octanol–water partition coefficient (Wildman–Crippen LogP) is 6.96. The molecule has 0 rings (SSSR count). The number of carbonyl (C=O) groups excluding carboxylic acids is 2. The van der Waals surface area contributed by atoms with Crippen LogP contribution in [0.5, 0.6) is 0 Å². The smallest absolute Gasteiger partial charge is 0.306 e. The topological polar surface area (TPSA) is 52.6 Å². The van der Waals surface area contributed by atoms with Crippen molar-refractivity contribution in [2.45, 2.75) is 116 Å². The van der Waals surface area contributed by atoms with E-state index in [-0.39, 0.29) is 24.8 Å². The summed E-state index contributed by atoms with van der Waals surface area (Å²) < 4.78 is 10.3. The normalized spacial score (nSPS) is 10.8. The van der Waals surface area contributed by atoms with Crippen LogP contribution in [0.3, 0.4) is 0 Å². The van der Waals surface area contributed by atoms with Gasteiger partial charge in [-0.2, -0.15) is 0 Å². The summed E-state index contributed by atoms with van der Waals surface area (Å²) in [6.07, 6.45) is 17.9. The Morgan fingerprint density at radius 3 is 1.32 bits per heavy atom. The molecule has 0 fully saturated rings. The van der Waals surface area contributed by atoms with Crippen LogP contribution in [0.15, 0.2) is 0 Å². The van der Waals surface area contributed by atoms with Crippen LogP contribution >= 0.6 is 11.6 Å². The first-order valence-corrected chi connectivity index (χ1v) is 12.1. The van der Waals surface area contributed by atoms with Crippen molar-refractivity contribution >= 4 is 23.5 Å². The van der Waals surface area contributed by atoms with E-state index in [2.05, 4.69) is 6.92 Å². The van der Waals surface area contributed by atoms with Gasteiger partial charge in [0, 0.05) is 5.88 Å². The van der Waals surface area contributed by atoms with Gasteiger partial charge in [-0.1, -0.05) is 84.0 Å². The summed E-state index contributed by atoms with van der Waals surface area (Å²) in [5.74, 6) is 0.136. The number of halogens is 1. The zero-order valence-corrected chi connectivity index (χ0v) is 18.9. The van der Waals surface area contributed by atoms with E-state index in [9.17, 15) is 9.59 Å². The number of ether oxygens (including phenoxy) is 2. The number of hydrogen-bond donors (Lipinski definition) is 0. The Labute approximate surface area is 178 Å². The lowest BCUT2D eigenvalue weighted by molar-refractivity contribution is -0.150. The molecule has 0 aliphatic heterocycles. The van der Waals surface area contributed by atoms with Gasteiger partial charge in [-0.25, -0.2) is 0 Å². The number of esters is 2. The molecule has 0 aromatic heterocycles. The van der Waals surface area contributed by atoms with E-state index < -0.39 is 0 Å². The summed E-state index contributed by atoms with van der Waals surface area (Å²) in [7, 11) is 0. The zero-order chi connectivity index (χ0) is 20.7. The molecule has 0 heterocycles. The lowest BCUT2D eigenvalue weighted by Gasteiger charge is -2.06. The van der Waals surface area contributed by atoms with Crippen molar-refractivity contribution in [2.24, 2.45) is 0 Å². The van der Waals surface area contributed by atoms with Crippen LogP contribution in [-0.4, -0.2) is 31.0 Å². The maximum atomic E-state index is 11.6. The highest BCUT2D eigenvalue weighted by Gasteiger charge is 2.09. The van der Waals surface area contributed by atoms with Gasteiger partial charge in [0.1, 0.15) is 0 Å². The molecular weight excluding hydrogens is 376 g/mol. The Hall–Kier alpha value is -0.770. The third-order valence-corrected chi connectivity index (χ3v) is 5.10. The second-order valence-corrected chi connectivity index (χ2v) is 7.96. The van der Waals surface area contributed by atoms with E-state index in [1.165, 1.54) is 57.8 Å². The average molecular weight is 419 g/mol. The molecule has 0 aromatic carbocycles. The predicted molar refractivity (Wildman–Crippen MR) is 117 cm³/mol. The number of unbranched alkanes of at least 4 members (excludes halogenated alkanes) is 13. The van der Waals surface area contributed by atoms with Crippen molar-refractivity contribution in [3.05, 3.63) is 0 Å². The summed E-state index contributed by atoms with van der Waals surface area (Å²) in [4.78, 5) is 23.3. The summed E-state index contributed by atoms with van der Waals surface area (Å²) >= 11 is 5.63. The number of carbonyl (C=O) groups is 2. The van der Waals surface area contributed by atoms with Gasteiger partial charge in [0.2, 0.25) is 0 Å². The van der Waals surface area contributed by atoms with Gasteiger partial charge in [-0.15, -0.1) is 11.6 Å². The Morgan fingerprint density at radius 1 is 0.571 bits per heavy atom. The van der Waals surface area contributed by atoms with E-state index in [1.54, 1.807) is 0 Å². The number of hydrogen-bond acceptors (Lipinski definition) is 4. The molecule has 5 heteroatoms. The van der Waals surface area contributed by atoms with E-state index >= 15 is 0 Å². The fourth-order valence-corrected chi connectivity index (χ4v) is 3.23. The molecule has 0 unspecified atom stereocenters. The molecule has 0 N–H and O–H groups in total. The van der Waals surface area contributed by atoms with E-state index in [1.807, 2.05) is 0 Å². The first-order valence-electron chi connectivity index (χ1n) is 11.6. The fourth-order valence-electron chi connectivity index (χ4n) is 3.04. The van der Waals surface area contributed by atoms with E-state index in [4.69, 9.17) is 21.1 Å². The minimum Gasteiger partial charge on any atom is -0.466 e. The molecule has 28 heavy (non-hydrogen) atoms. The number of rotatable bonds is 21. The molecule has 0 aromatic rings. The van der Waals surface area contributed by atoms with Crippen molar-refractivity contribution in [3.63, 3.8) is 0 Å². The molecule has 0 bridgehead atoms. The van der Waals surface area contributed by atoms with Crippen LogP contribution in [0.2, 0.25) is 0 Å². The third kappa shape index (κ3) is 21.5. The molecular formula is C23H43ClO4. The van der Waals surface area contributed by atoms with Crippen LogP contribution in [-0.2, 0) is 19.1 Å². The Bertz CT molecular complexity index is 361. The quantitative estimate of drug-likeness (QED) is 0.115. The minimum atomic E-state index is -0.304. The van der Waals surface area contributed by atoms with Crippen LogP contribution in [0.25, 0.3) is 0 Å². The van der Waals surface area contributed by atoms with Crippen molar-refractivity contribution in [1.29, 1.82) is 0 Å². The van der Waals surface area contributed by atoms with Gasteiger partial charge in [0.15, 0.2) is 0 Å². The van der Waals surface area contributed by atoms with Crippen molar-refractivity contribution in [2.75, 3.05) is 19.1 Å². The second kappa shape index (κ2) is 22.5. The number of alkyl halides is 1. The maximum Gasteiger partial charge on any atom is 0.306 e. The van der Waals surface area contributed by atoms with Gasteiger partial charge in [-0.3, -0.25) is 9.59 Å². The molecule has 0 atom stereocenters. The molecule has 0 saturated heterocycles. The standard InChI is InChI=1S/C23H43ClO4/c1-2-3-4-5-6-7-9-12-15-20-27-22(25)17-18-23(26)28-21-16-13-10-8-11-14-19-24/h2-21H2,1H3. The first kappa shape index (κ1) is 27.2. The van der Waals surface area contributed by atoms with Gasteiger partial charge in [-0.05, 0) is 19.3 Å². The molecule has 0 saturated carbocycles. The minimum absolute atomic E-state index is 0.117. The van der Waals surface area contributed by atoms with Gasteiger partial charge < -0.3 is 9.47 Å². The lowest BCUT2D eigenvalue weighted by atomic mass is 10.1. The summed E-state index contributed by atoms with van der Waals surface area (Å²) in [6.45, 7) is 3.15. The van der Waals surface area contributed by atoms with Crippen molar-refractivity contribution in [1.82, 2.24) is 0 Å². The van der Waals surface area contributed by atoms with E-state index in [0.29, 0.717) is 13.2 Å². The Kier molecular flexibility index (Phi) is 21.9. The zero-order valence-electron chi connectivity index (χ0n) is 18.2. The molecule has 166 valence electrons. The highest BCUT2D eigenvalue weighted by Crippen LogP contribution is 2.10. The lowest BCUT2D eigenvalue weighted by Crippen LogP contribution is -2.11. The molecule has 0 radical (unpaired) electrons.